The lowest BCUT2D eigenvalue weighted by atomic mass is 10.2. The van der Waals surface area contributed by atoms with Crippen molar-refractivity contribution < 1.29 is 4.74 Å². The van der Waals surface area contributed by atoms with Crippen molar-refractivity contribution >= 4 is 0 Å². The maximum Gasteiger partial charge on any atom is 0.0721 e. The lowest BCUT2D eigenvalue weighted by Gasteiger charge is -2.24. The number of likely N-dealkylation sites (tertiary alicyclic amines) is 1. The SMILES string of the molecule is CN1CCC(OC(C)(C)C)C1. The molecular formula is C9H19NO. The summed E-state index contributed by atoms with van der Waals surface area (Å²) in [6, 6.07) is 0. The number of nitrogens with zero attached hydrogens (tertiary/aromatic N) is 1. The highest BCUT2D eigenvalue weighted by molar-refractivity contribution is 4.76. The Kier molecular flexibility index (Phi) is 2.55. The second-order valence-corrected chi connectivity index (χ2v) is 4.40. The lowest BCUT2D eigenvalue weighted by molar-refractivity contribution is -0.0531. The van der Waals surface area contributed by atoms with Gasteiger partial charge in [-0.25, -0.2) is 0 Å². The molecular weight excluding hydrogens is 138 g/mol. The van der Waals surface area contributed by atoms with Crippen molar-refractivity contribution in [3.63, 3.8) is 0 Å². The first kappa shape index (κ1) is 9.01. The summed E-state index contributed by atoms with van der Waals surface area (Å²) in [6.07, 6.45) is 1.65. The minimum absolute atomic E-state index is 0.0237. The first-order chi connectivity index (χ1) is 4.97. The smallest absolute Gasteiger partial charge is 0.0721 e. The zero-order valence-electron chi connectivity index (χ0n) is 8.05. The van der Waals surface area contributed by atoms with Gasteiger partial charge in [0.15, 0.2) is 0 Å². The molecule has 0 aromatic heterocycles. The standard InChI is InChI=1S/C9H19NO/c1-9(2,3)11-8-5-6-10(4)7-8/h8H,5-7H2,1-4H3. The van der Waals surface area contributed by atoms with E-state index in [1.165, 1.54) is 13.0 Å². The Hall–Kier alpha value is -0.0800. The molecule has 0 amide bonds. The Balaban J connectivity index is 2.29. The van der Waals surface area contributed by atoms with Gasteiger partial charge >= 0.3 is 0 Å². The van der Waals surface area contributed by atoms with E-state index in [9.17, 15) is 0 Å². The van der Waals surface area contributed by atoms with Gasteiger partial charge in [-0.15, -0.1) is 0 Å². The van der Waals surface area contributed by atoms with Gasteiger partial charge in [-0.1, -0.05) is 0 Å². The summed E-state index contributed by atoms with van der Waals surface area (Å²) >= 11 is 0. The Morgan fingerprint density at radius 3 is 2.36 bits per heavy atom. The molecule has 0 spiro atoms. The maximum atomic E-state index is 5.83. The van der Waals surface area contributed by atoms with Crippen molar-refractivity contribution in [3.8, 4) is 0 Å². The first-order valence-corrected chi connectivity index (χ1v) is 4.34. The summed E-state index contributed by atoms with van der Waals surface area (Å²) in [5, 5.41) is 0. The molecule has 0 aromatic carbocycles. The van der Waals surface area contributed by atoms with Crippen LogP contribution < -0.4 is 0 Å². The van der Waals surface area contributed by atoms with Crippen LogP contribution in [0.4, 0.5) is 0 Å². The molecule has 1 aliphatic rings. The molecule has 0 radical (unpaired) electrons. The molecule has 0 saturated carbocycles. The van der Waals surface area contributed by atoms with Crippen LogP contribution in [0.5, 0.6) is 0 Å². The van der Waals surface area contributed by atoms with Crippen LogP contribution in [-0.2, 0) is 4.74 Å². The summed E-state index contributed by atoms with van der Waals surface area (Å²) in [5.41, 5.74) is 0.0237. The van der Waals surface area contributed by atoms with Crippen molar-refractivity contribution in [1.29, 1.82) is 0 Å². The molecule has 11 heavy (non-hydrogen) atoms. The topological polar surface area (TPSA) is 12.5 Å². The number of hydrogen-bond donors (Lipinski definition) is 0. The fourth-order valence-corrected chi connectivity index (χ4v) is 1.49. The Bertz CT molecular complexity index is 128. The highest BCUT2D eigenvalue weighted by atomic mass is 16.5. The van der Waals surface area contributed by atoms with Crippen molar-refractivity contribution in [2.24, 2.45) is 0 Å². The van der Waals surface area contributed by atoms with Crippen molar-refractivity contribution in [2.75, 3.05) is 20.1 Å². The second kappa shape index (κ2) is 3.11. The number of hydrogen-bond acceptors (Lipinski definition) is 2. The third-order valence-electron chi connectivity index (χ3n) is 1.87. The van der Waals surface area contributed by atoms with Gasteiger partial charge in [-0.05, 0) is 34.2 Å². The Morgan fingerprint density at radius 2 is 2.00 bits per heavy atom. The molecule has 2 nitrogen and oxygen atoms in total. The fraction of sp³-hybridized carbons (Fsp3) is 1.00. The Morgan fingerprint density at radius 1 is 1.36 bits per heavy atom. The number of likely N-dealkylation sites (N-methyl/N-ethyl adjacent to an activating group) is 1. The average Bonchev–Trinajstić information content (AvgIpc) is 2.10. The van der Waals surface area contributed by atoms with Gasteiger partial charge in [0.05, 0.1) is 11.7 Å². The van der Waals surface area contributed by atoms with Gasteiger partial charge in [0, 0.05) is 13.1 Å². The molecule has 66 valence electrons. The van der Waals surface area contributed by atoms with Crippen LogP contribution in [-0.4, -0.2) is 36.7 Å². The van der Waals surface area contributed by atoms with E-state index in [1.54, 1.807) is 0 Å². The second-order valence-electron chi connectivity index (χ2n) is 4.40. The van der Waals surface area contributed by atoms with Gasteiger partial charge in [-0.2, -0.15) is 0 Å². The fourth-order valence-electron chi connectivity index (χ4n) is 1.49. The van der Waals surface area contributed by atoms with Crippen LogP contribution >= 0.6 is 0 Å². The van der Waals surface area contributed by atoms with Crippen LogP contribution in [0.25, 0.3) is 0 Å². The highest BCUT2D eigenvalue weighted by Gasteiger charge is 2.24. The molecule has 2 heteroatoms. The van der Waals surface area contributed by atoms with Gasteiger partial charge in [0.1, 0.15) is 0 Å². The molecule has 0 aromatic rings. The van der Waals surface area contributed by atoms with E-state index in [-0.39, 0.29) is 5.60 Å². The molecule has 1 fully saturated rings. The van der Waals surface area contributed by atoms with E-state index in [0.717, 1.165) is 6.54 Å². The molecule has 1 aliphatic heterocycles. The van der Waals surface area contributed by atoms with E-state index in [0.29, 0.717) is 6.10 Å². The Labute approximate surface area is 69.5 Å². The quantitative estimate of drug-likeness (QED) is 0.572. The van der Waals surface area contributed by atoms with Gasteiger partial charge in [-0.3, -0.25) is 0 Å². The van der Waals surface area contributed by atoms with Gasteiger partial charge < -0.3 is 9.64 Å². The molecule has 1 rings (SSSR count). The molecule has 1 unspecified atom stereocenters. The van der Waals surface area contributed by atoms with E-state index in [2.05, 4.69) is 32.7 Å². The first-order valence-electron chi connectivity index (χ1n) is 4.34. The summed E-state index contributed by atoms with van der Waals surface area (Å²) in [5.74, 6) is 0. The summed E-state index contributed by atoms with van der Waals surface area (Å²) < 4.78 is 5.83. The largest absolute Gasteiger partial charge is 0.371 e. The molecule has 1 heterocycles. The zero-order chi connectivity index (χ0) is 8.48. The highest BCUT2D eigenvalue weighted by Crippen LogP contribution is 2.17. The van der Waals surface area contributed by atoms with Crippen molar-refractivity contribution in [1.82, 2.24) is 4.90 Å². The molecule has 1 saturated heterocycles. The lowest BCUT2D eigenvalue weighted by Crippen LogP contribution is -2.29. The normalized spacial score (nSPS) is 27.8. The van der Waals surface area contributed by atoms with Crippen LogP contribution in [0.2, 0.25) is 0 Å². The van der Waals surface area contributed by atoms with Crippen LogP contribution in [0.3, 0.4) is 0 Å². The summed E-state index contributed by atoms with van der Waals surface area (Å²) in [6.45, 7) is 8.62. The predicted octanol–water partition coefficient (Wildman–Crippen LogP) is 1.51. The number of ether oxygens (including phenoxy) is 1. The van der Waals surface area contributed by atoms with Crippen LogP contribution in [0, 0.1) is 0 Å². The van der Waals surface area contributed by atoms with Crippen molar-refractivity contribution in [2.45, 2.75) is 38.9 Å². The third-order valence-corrected chi connectivity index (χ3v) is 1.87. The number of rotatable bonds is 1. The molecule has 0 aliphatic carbocycles. The van der Waals surface area contributed by atoms with Crippen molar-refractivity contribution in [3.05, 3.63) is 0 Å². The van der Waals surface area contributed by atoms with E-state index >= 15 is 0 Å². The predicted molar refractivity (Wildman–Crippen MR) is 46.7 cm³/mol. The third kappa shape index (κ3) is 3.21. The monoisotopic (exact) mass is 157 g/mol. The molecule has 0 bridgehead atoms. The van der Waals surface area contributed by atoms with E-state index in [4.69, 9.17) is 4.74 Å². The molecule has 1 atom stereocenters. The van der Waals surface area contributed by atoms with Gasteiger partial charge in [0.25, 0.3) is 0 Å². The summed E-state index contributed by atoms with van der Waals surface area (Å²) in [4.78, 5) is 2.32. The minimum Gasteiger partial charge on any atom is -0.371 e. The van der Waals surface area contributed by atoms with E-state index in [1.807, 2.05) is 0 Å². The van der Waals surface area contributed by atoms with E-state index < -0.39 is 0 Å². The molecule has 0 N–H and O–H groups in total. The maximum absolute atomic E-state index is 5.83. The average molecular weight is 157 g/mol. The zero-order valence-corrected chi connectivity index (χ0v) is 8.05. The summed E-state index contributed by atoms with van der Waals surface area (Å²) in [7, 11) is 2.14. The van der Waals surface area contributed by atoms with Gasteiger partial charge in [0.2, 0.25) is 0 Å². The minimum atomic E-state index is 0.0237. The van der Waals surface area contributed by atoms with Crippen LogP contribution in [0.1, 0.15) is 27.2 Å². The van der Waals surface area contributed by atoms with Crippen LogP contribution in [0.15, 0.2) is 0 Å².